The van der Waals surface area contributed by atoms with E-state index in [0.717, 1.165) is 12.8 Å². The summed E-state index contributed by atoms with van der Waals surface area (Å²) in [4.78, 5) is 11.1. The van der Waals surface area contributed by atoms with E-state index in [1.54, 1.807) is 0 Å². The van der Waals surface area contributed by atoms with Gasteiger partial charge in [-0.1, -0.05) is 69.7 Å². The Balaban J connectivity index is 1.58. The predicted molar refractivity (Wildman–Crippen MR) is 102 cm³/mol. The van der Waals surface area contributed by atoms with E-state index in [4.69, 9.17) is 4.74 Å². The lowest BCUT2D eigenvalue weighted by Crippen LogP contribution is -2.00. The van der Waals surface area contributed by atoms with Gasteiger partial charge in [-0.05, 0) is 36.8 Å². The van der Waals surface area contributed by atoms with Crippen molar-refractivity contribution in [2.24, 2.45) is 0 Å². The quantitative estimate of drug-likeness (QED) is 0.259. The molecule has 0 aliphatic carbocycles. The van der Waals surface area contributed by atoms with Gasteiger partial charge in [0.25, 0.3) is 0 Å². The van der Waals surface area contributed by atoms with Gasteiger partial charge < -0.3 is 9.47 Å². The van der Waals surface area contributed by atoms with Crippen LogP contribution in [0.2, 0.25) is 0 Å². The number of esters is 1. The summed E-state index contributed by atoms with van der Waals surface area (Å²) in [5.74, 6) is -0.132. The Morgan fingerprint density at radius 2 is 1.68 bits per heavy atom. The van der Waals surface area contributed by atoms with Crippen molar-refractivity contribution in [3.8, 4) is 0 Å². The molecule has 2 rings (SSSR count). The third kappa shape index (κ3) is 7.60. The number of epoxide rings is 1. The van der Waals surface area contributed by atoms with E-state index in [9.17, 15) is 4.79 Å². The van der Waals surface area contributed by atoms with Crippen LogP contribution < -0.4 is 0 Å². The number of benzene rings is 1. The Morgan fingerprint density at radius 1 is 1.00 bits per heavy atom. The maximum absolute atomic E-state index is 11.1. The Kier molecular flexibility index (Phi) is 9.03. The molecule has 1 aromatic carbocycles. The normalized spacial score (nSPS) is 19.0. The van der Waals surface area contributed by atoms with E-state index in [1.807, 2.05) is 0 Å². The fraction of sp³-hybridized carbons (Fsp3) is 0.682. The first-order valence-corrected chi connectivity index (χ1v) is 10.1. The van der Waals surface area contributed by atoms with E-state index in [1.165, 1.54) is 69.6 Å². The maximum atomic E-state index is 11.1. The fourth-order valence-electron chi connectivity index (χ4n) is 3.37. The molecule has 1 heterocycles. The van der Waals surface area contributed by atoms with Crippen molar-refractivity contribution < 1.29 is 14.3 Å². The second-order valence-electron chi connectivity index (χ2n) is 7.18. The van der Waals surface area contributed by atoms with E-state index in [2.05, 4.69) is 35.9 Å². The highest BCUT2D eigenvalue weighted by molar-refractivity contribution is 5.69. The Bertz CT molecular complexity index is 494. The molecule has 1 aromatic rings. The summed E-state index contributed by atoms with van der Waals surface area (Å²) in [5.41, 5.74) is 2.70. The van der Waals surface area contributed by atoms with Crippen LogP contribution in [0.25, 0.3) is 0 Å². The number of ether oxygens (including phenoxy) is 2. The molecule has 0 spiro atoms. The summed E-state index contributed by atoms with van der Waals surface area (Å²) < 4.78 is 10.4. The van der Waals surface area contributed by atoms with Gasteiger partial charge in [-0.25, -0.2) is 0 Å². The van der Waals surface area contributed by atoms with Crippen molar-refractivity contribution in [1.29, 1.82) is 0 Å². The first-order valence-electron chi connectivity index (χ1n) is 10.1. The minimum Gasteiger partial charge on any atom is -0.469 e. The van der Waals surface area contributed by atoms with Gasteiger partial charge in [-0.15, -0.1) is 0 Å². The van der Waals surface area contributed by atoms with Crippen LogP contribution in [-0.2, 0) is 20.7 Å². The molecule has 1 unspecified atom stereocenters. The van der Waals surface area contributed by atoms with Gasteiger partial charge >= 0.3 is 5.97 Å². The molecular formula is C22H34O3. The van der Waals surface area contributed by atoms with Crippen molar-refractivity contribution in [2.45, 2.75) is 89.8 Å². The van der Waals surface area contributed by atoms with E-state index < -0.39 is 0 Å². The van der Waals surface area contributed by atoms with Crippen LogP contribution in [0, 0.1) is 0 Å². The highest BCUT2D eigenvalue weighted by Gasteiger charge is 2.39. The average Bonchev–Trinajstić information content (AvgIpc) is 3.41. The number of hydrogen-bond acceptors (Lipinski definition) is 3. The molecule has 0 bridgehead atoms. The van der Waals surface area contributed by atoms with Crippen LogP contribution in [-0.4, -0.2) is 19.2 Å². The zero-order valence-corrected chi connectivity index (χ0v) is 16.0. The SMILES string of the molecule is CCCCCCCCCc1ccc(C2O[C@@H]2CCCC(=O)OC)cc1. The molecule has 140 valence electrons. The molecule has 2 atom stereocenters. The van der Waals surface area contributed by atoms with Crippen molar-refractivity contribution in [3.05, 3.63) is 35.4 Å². The molecule has 1 saturated heterocycles. The highest BCUT2D eigenvalue weighted by atomic mass is 16.6. The van der Waals surface area contributed by atoms with Crippen LogP contribution in [0.5, 0.6) is 0 Å². The monoisotopic (exact) mass is 346 g/mol. The minimum absolute atomic E-state index is 0.132. The number of rotatable bonds is 13. The Hall–Kier alpha value is -1.35. The molecule has 25 heavy (non-hydrogen) atoms. The Morgan fingerprint density at radius 3 is 2.36 bits per heavy atom. The third-order valence-electron chi connectivity index (χ3n) is 5.06. The van der Waals surface area contributed by atoms with Gasteiger partial charge in [0, 0.05) is 6.42 Å². The summed E-state index contributed by atoms with van der Waals surface area (Å²) >= 11 is 0. The first kappa shape index (κ1) is 20.0. The summed E-state index contributed by atoms with van der Waals surface area (Å²) in [5, 5.41) is 0. The van der Waals surface area contributed by atoms with Crippen LogP contribution in [0.4, 0.5) is 0 Å². The largest absolute Gasteiger partial charge is 0.469 e. The topological polar surface area (TPSA) is 38.8 Å². The molecule has 0 saturated carbocycles. The molecule has 3 nitrogen and oxygen atoms in total. The van der Waals surface area contributed by atoms with Gasteiger partial charge in [0.15, 0.2) is 0 Å². The minimum atomic E-state index is -0.132. The highest BCUT2D eigenvalue weighted by Crippen LogP contribution is 2.41. The second kappa shape index (κ2) is 11.3. The molecule has 1 fully saturated rings. The van der Waals surface area contributed by atoms with Gasteiger partial charge in [-0.2, -0.15) is 0 Å². The number of carbonyl (C=O) groups is 1. The van der Waals surface area contributed by atoms with Crippen molar-refractivity contribution in [1.82, 2.24) is 0 Å². The molecule has 1 aliphatic heterocycles. The van der Waals surface area contributed by atoms with Crippen LogP contribution >= 0.6 is 0 Å². The third-order valence-corrected chi connectivity index (χ3v) is 5.06. The molecule has 0 radical (unpaired) electrons. The Labute approximate surface area is 153 Å². The molecular weight excluding hydrogens is 312 g/mol. The van der Waals surface area contributed by atoms with Gasteiger partial charge in [0.1, 0.15) is 6.10 Å². The maximum Gasteiger partial charge on any atom is 0.305 e. The van der Waals surface area contributed by atoms with Crippen LogP contribution in [0.3, 0.4) is 0 Å². The average molecular weight is 347 g/mol. The zero-order chi connectivity index (χ0) is 17.9. The summed E-state index contributed by atoms with van der Waals surface area (Å²) in [7, 11) is 1.44. The molecule has 0 aromatic heterocycles. The number of hydrogen-bond donors (Lipinski definition) is 0. The second-order valence-corrected chi connectivity index (χ2v) is 7.18. The lowest BCUT2D eigenvalue weighted by atomic mass is 10.0. The predicted octanol–water partition coefficient (Wildman–Crippen LogP) is 5.76. The first-order chi connectivity index (χ1) is 12.2. The summed E-state index contributed by atoms with van der Waals surface area (Å²) in [6, 6.07) is 8.92. The molecule has 0 amide bonds. The van der Waals surface area contributed by atoms with Crippen molar-refractivity contribution in [3.63, 3.8) is 0 Å². The number of methoxy groups -OCH3 is 1. The smallest absolute Gasteiger partial charge is 0.305 e. The molecule has 3 heteroatoms. The molecule has 1 aliphatic rings. The lowest BCUT2D eigenvalue weighted by Gasteiger charge is -2.04. The summed E-state index contributed by atoms with van der Waals surface area (Å²) in [6.07, 6.45) is 13.5. The standard InChI is InChI=1S/C22H34O3/c1-3-4-5-6-7-8-9-11-18-14-16-19(17-15-18)22-20(25-22)12-10-13-21(23)24-2/h14-17,20,22H,3-13H2,1-2H3/t20-,22?/m1/s1. The van der Waals surface area contributed by atoms with E-state index in [-0.39, 0.29) is 18.2 Å². The number of unbranched alkanes of at least 4 members (excludes halogenated alkanes) is 6. The van der Waals surface area contributed by atoms with Crippen LogP contribution in [0.15, 0.2) is 24.3 Å². The van der Waals surface area contributed by atoms with Gasteiger partial charge in [0.05, 0.1) is 13.2 Å². The number of carbonyl (C=O) groups excluding carboxylic acids is 1. The summed E-state index contributed by atoms with van der Waals surface area (Å²) in [6.45, 7) is 2.26. The lowest BCUT2D eigenvalue weighted by molar-refractivity contribution is -0.140. The van der Waals surface area contributed by atoms with Crippen LogP contribution in [0.1, 0.15) is 88.4 Å². The van der Waals surface area contributed by atoms with Gasteiger partial charge in [-0.3, -0.25) is 4.79 Å². The van der Waals surface area contributed by atoms with Crippen molar-refractivity contribution in [2.75, 3.05) is 7.11 Å². The molecule has 0 N–H and O–H groups in total. The number of aryl methyl sites for hydroxylation is 1. The van der Waals surface area contributed by atoms with E-state index in [0.29, 0.717) is 6.42 Å². The van der Waals surface area contributed by atoms with E-state index >= 15 is 0 Å². The van der Waals surface area contributed by atoms with Gasteiger partial charge in [0.2, 0.25) is 0 Å². The van der Waals surface area contributed by atoms with Crippen molar-refractivity contribution >= 4 is 5.97 Å². The zero-order valence-electron chi connectivity index (χ0n) is 16.0. The fourth-order valence-corrected chi connectivity index (χ4v) is 3.37.